The summed E-state index contributed by atoms with van der Waals surface area (Å²) in [6.45, 7) is 0. The van der Waals surface area contributed by atoms with Gasteiger partial charge >= 0.3 is 0 Å². The number of pyridine rings is 1. The molecule has 3 aromatic rings. The molecule has 0 saturated carbocycles. The highest BCUT2D eigenvalue weighted by Crippen LogP contribution is 2.27. The molecule has 0 aromatic carbocycles. The van der Waals surface area contributed by atoms with Gasteiger partial charge in [-0.25, -0.2) is 9.50 Å². The molecule has 0 spiro atoms. The monoisotopic (exact) mass is 230 g/mol. The van der Waals surface area contributed by atoms with E-state index in [1.165, 1.54) is 0 Å². The average Bonchev–Trinajstić information content (AvgIpc) is 2.66. The van der Waals surface area contributed by atoms with E-state index in [1.54, 1.807) is 23.1 Å². The van der Waals surface area contributed by atoms with Crippen LogP contribution in [0.5, 0.6) is 0 Å². The van der Waals surface area contributed by atoms with Crippen LogP contribution in [0.3, 0.4) is 0 Å². The second-order valence-electron chi connectivity index (χ2n) is 3.28. The lowest BCUT2D eigenvalue weighted by Crippen LogP contribution is -1.92. The predicted octanol–water partition coefficient (Wildman–Crippen LogP) is 2.44. The molecule has 0 fully saturated rings. The smallest absolute Gasteiger partial charge is 0.157 e. The SMILES string of the molecule is Clc1nc2cccnn2c1-c1ccncc1. The zero-order valence-corrected chi connectivity index (χ0v) is 8.96. The van der Waals surface area contributed by atoms with E-state index in [4.69, 9.17) is 11.6 Å². The fraction of sp³-hybridized carbons (Fsp3) is 0. The Morgan fingerprint density at radius 1 is 1.06 bits per heavy atom. The molecule has 3 rings (SSSR count). The average molecular weight is 231 g/mol. The number of hydrogen-bond acceptors (Lipinski definition) is 3. The highest BCUT2D eigenvalue weighted by Gasteiger charge is 2.12. The molecule has 0 radical (unpaired) electrons. The number of halogens is 1. The fourth-order valence-electron chi connectivity index (χ4n) is 1.61. The zero-order chi connectivity index (χ0) is 11.0. The van der Waals surface area contributed by atoms with Gasteiger partial charge in [-0.05, 0) is 24.3 Å². The maximum Gasteiger partial charge on any atom is 0.157 e. The molecule has 0 unspecified atom stereocenters. The minimum Gasteiger partial charge on any atom is -0.265 e. The molecule has 5 heteroatoms. The molecule has 4 nitrogen and oxygen atoms in total. The van der Waals surface area contributed by atoms with Crippen LogP contribution in [-0.4, -0.2) is 19.6 Å². The van der Waals surface area contributed by atoms with Crippen molar-refractivity contribution in [3.63, 3.8) is 0 Å². The summed E-state index contributed by atoms with van der Waals surface area (Å²) in [7, 11) is 0. The van der Waals surface area contributed by atoms with Crippen molar-refractivity contribution in [2.45, 2.75) is 0 Å². The van der Waals surface area contributed by atoms with E-state index in [2.05, 4.69) is 15.1 Å². The van der Waals surface area contributed by atoms with Crippen LogP contribution in [-0.2, 0) is 0 Å². The quantitative estimate of drug-likeness (QED) is 0.645. The van der Waals surface area contributed by atoms with Gasteiger partial charge in [-0.1, -0.05) is 11.6 Å². The molecule has 0 N–H and O–H groups in total. The first-order valence-electron chi connectivity index (χ1n) is 4.76. The van der Waals surface area contributed by atoms with E-state index in [-0.39, 0.29) is 0 Å². The van der Waals surface area contributed by atoms with Crippen LogP contribution in [0, 0.1) is 0 Å². The first-order valence-corrected chi connectivity index (χ1v) is 5.14. The summed E-state index contributed by atoms with van der Waals surface area (Å²) < 4.78 is 1.72. The third kappa shape index (κ3) is 1.35. The Morgan fingerprint density at radius 2 is 1.88 bits per heavy atom. The van der Waals surface area contributed by atoms with Gasteiger partial charge in [0.25, 0.3) is 0 Å². The van der Waals surface area contributed by atoms with Crippen molar-refractivity contribution in [1.29, 1.82) is 0 Å². The van der Waals surface area contributed by atoms with Crippen LogP contribution in [0.15, 0.2) is 42.9 Å². The van der Waals surface area contributed by atoms with Crippen LogP contribution in [0.25, 0.3) is 16.9 Å². The van der Waals surface area contributed by atoms with Crippen molar-refractivity contribution >= 4 is 17.2 Å². The summed E-state index contributed by atoms with van der Waals surface area (Å²) in [5.74, 6) is 0. The summed E-state index contributed by atoms with van der Waals surface area (Å²) in [6, 6.07) is 7.45. The number of hydrogen-bond donors (Lipinski definition) is 0. The predicted molar refractivity (Wildman–Crippen MR) is 61.2 cm³/mol. The van der Waals surface area contributed by atoms with Gasteiger partial charge in [-0.3, -0.25) is 4.98 Å². The lowest BCUT2D eigenvalue weighted by atomic mass is 10.2. The Hall–Kier alpha value is -1.94. The highest BCUT2D eigenvalue weighted by atomic mass is 35.5. The Balaban J connectivity index is 2.35. The second kappa shape index (κ2) is 3.57. The Bertz CT molecular complexity index is 633. The lowest BCUT2D eigenvalue weighted by molar-refractivity contribution is 0.942. The van der Waals surface area contributed by atoms with Crippen molar-refractivity contribution in [2.24, 2.45) is 0 Å². The fourth-order valence-corrected chi connectivity index (χ4v) is 1.89. The van der Waals surface area contributed by atoms with Crippen LogP contribution in [0.1, 0.15) is 0 Å². The van der Waals surface area contributed by atoms with E-state index >= 15 is 0 Å². The molecule has 3 heterocycles. The van der Waals surface area contributed by atoms with Crippen LogP contribution >= 0.6 is 11.6 Å². The van der Waals surface area contributed by atoms with E-state index < -0.39 is 0 Å². The van der Waals surface area contributed by atoms with Crippen molar-refractivity contribution in [3.8, 4) is 11.3 Å². The van der Waals surface area contributed by atoms with Gasteiger partial charge in [0, 0.05) is 24.2 Å². The number of nitrogens with zero attached hydrogens (tertiary/aromatic N) is 4. The molecule has 0 atom stereocenters. The largest absolute Gasteiger partial charge is 0.265 e. The minimum absolute atomic E-state index is 0.449. The van der Waals surface area contributed by atoms with Gasteiger partial charge in [-0.2, -0.15) is 5.10 Å². The van der Waals surface area contributed by atoms with Gasteiger partial charge in [0.2, 0.25) is 0 Å². The van der Waals surface area contributed by atoms with Crippen LogP contribution in [0.4, 0.5) is 0 Å². The van der Waals surface area contributed by atoms with E-state index in [0.717, 1.165) is 16.9 Å². The van der Waals surface area contributed by atoms with Crippen molar-refractivity contribution in [3.05, 3.63) is 48.0 Å². The first-order chi connectivity index (χ1) is 7.86. The molecule has 0 aliphatic heterocycles. The molecule has 78 valence electrons. The van der Waals surface area contributed by atoms with Crippen LogP contribution in [0.2, 0.25) is 5.15 Å². The van der Waals surface area contributed by atoms with Gasteiger partial charge < -0.3 is 0 Å². The number of rotatable bonds is 1. The van der Waals surface area contributed by atoms with Gasteiger partial charge in [0.15, 0.2) is 10.8 Å². The maximum absolute atomic E-state index is 6.11. The summed E-state index contributed by atoms with van der Waals surface area (Å²) in [4.78, 5) is 8.21. The molecule has 0 aliphatic rings. The minimum atomic E-state index is 0.449. The molecule has 0 aliphatic carbocycles. The topological polar surface area (TPSA) is 43.1 Å². The summed E-state index contributed by atoms with van der Waals surface area (Å²) in [6.07, 6.45) is 5.14. The third-order valence-electron chi connectivity index (χ3n) is 2.30. The molecule has 3 aromatic heterocycles. The number of imidazole rings is 1. The standard InChI is InChI=1S/C11H7ClN4/c12-11-10(8-3-6-13-7-4-8)16-9(15-11)2-1-5-14-16/h1-7H. The molecule has 0 amide bonds. The number of fused-ring (bicyclic) bond motifs is 1. The molecular weight excluding hydrogens is 224 g/mol. The third-order valence-corrected chi connectivity index (χ3v) is 2.57. The normalized spacial score (nSPS) is 10.8. The summed E-state index contributed by atoms with van der Waals surface area (Å²) in [5.41, 5.74) is 2.48. The van der Waals surface area contributed by atoms with Crippen molar-refractivity contribution in [1.82, 2.24) is 19.6 Å². The van der Waals surface area contributed by atoms with Crippen molar-refractivity contribution < 1.29 is 0 Å². The number of aromatic nitrogens is 4. The Labute approximate surface area is 96.5 Å². The van der Waals surface area contributed by atoms with Gasteiger partial charge in [0.05, 0.1) is 0 Å². The van der Waals surface area contributed by atoms with Crippen molar-refractivity contribution in [2.75, 3.05) is 0 Å². The first kappa shape index (κ1) is 9.30. The maximum atomic E-state index is 6.11. The summed E-state index contributed by atoms with van der Waals surface area (Å²) >= 11 is 6.11. The van der Waals surface area contributed by atoms with Gasteiger partial charge in [0.1, 0.15) is 5.69 Å². The molecular formula is C11H7ClN4. The lowest BCUT2D eigenvalue weighted by Gasteiger charge is -1.99. The molecule has 16 heavy (non-hydrogen) atoms. The highest BCUT2D eigenvalue weighted by molar-refractivity contribution is 6.32. The van der Waals surface area contributed by atoms with E-state index in [0.29, 0.717) is 5.15 Å². The molecule has 0 saturated heterocycles. The molecule has 0 bridgehead atoms. The van der Waals surface area contributed by atoms with Gasteiger partial charge in [-0.15, -0.1) is 0 Å². The zero-order valence-electron chi connectivity index (χ0n) is 8.21. The van der Waals surface area contributed by atoms with Crippen LogP contribution < -0.4 is 0 Å². The Kier molecular flexibility index (Phi) is 2.08. The Morgan fingerprint density at radius 3 is 2.69 bits per heavy atom. The summed E-state index contributed by atoms with van der Waals surface area (Å²) in [5, 5.41) is 4.68. The van der Waals surface area contributed by atoms with E-state index in [1.807, 2.05) is 24.3 Å². The second-order valence-corrected chi connectivity index (χ2v) is 3.64. The van der Waals surface area contributed by atoms with E-state index in [9.17, 15) is 0 Å².